The quantitative estimate of drug-likeness (QED) is 0.568. The molecule has 0 bridgehead atoms. The monoisotopic (exact) mass is 348 g/mol. The van der Waals surface area contributed by atoms with Gasteiger partial charge in [-0.1, -0.05) is 30.3 Å². The van der Waals surface area contributed by atoms with Gasteiger partial charge < -0.3 is 14.6 Å². The van der Waals surface area contributed by atoms with Crippen molar-refractivity contribution >= 4 is 11.9 Å². The lowest BCUT2D eigenvalue weighted by molar-refractivity contribution is 0.0600. The molecule has 0 aliphatic rings. The first kappa shape index (κ1) is 17.2. The molecule has 0 spiro atoms. The fourth-order valence-electron chi connectivity index (χ4n) is 2.51. The van der Waals surface area contributed by atoms with Gasteiger partial charge in [0.1, 0.15) is 11.5 Å². The second-order valence-electron chi connectivity index (χ2n) is 5.50. The van der Waals surface area contributed by atoms with E-state index in [0.717, 1.165) is 5.56 Å². The second-order valence-corrected chi connectivity index (χ2v) is 5.50. The van der Waals surface area contributed by atoms with Crippen molar-refractivity contribution < 1.29 is 24.2 Å². The zero-order chi connectivity index (χ0) is 18.5. The predicted octanol–water partition coefficient (Wildman–Crippen LogP) is 4.07. The standard InChI is InChI=1S/C21H16O5/c1-25-20(23)15-7-10-17(11-8-15)26-21(24)18-12-9-16(22)13-19(18)14-5-3-2-4-6-14/h2-13,22H,1H3. The molecule has 26 heavy (non-hydrogen) atoms. The minimum Gasteiger partial charge on any atom is -0.508 e. The van der Waals surface area contributed by atoms with E-state index in [-0.39, 0.29) is 5.75 Å². The van der Waals surface area contributed by atoms with E-state index in [1.807, 2.05) is 30.3 Å². The predicted molar refractivity (Wildman–Crippen MR) is 96.3 cm³/mol. The first-order valence-corrected chi connectivity index (χ1v) is 7.87. The van der Waals surface area contributed by atoms with Gasteiger partial charge in [0.05, 0.1) is 18.2 Å². The molecule has 0 saturated carbocycles. The van der Waals surface area contributed by atoms with Crippen molar-refractivity contribution in [2.24, 2.45) is 0 Å². The highest BCUT2D eigenvalue weighted by Gasteiger charge is 2.16. The van der Waals surface area contributed by atoms with E-state index in [2.05, 4.69) is 4.74 Å². The van der Waals surface area contributed by atoms with Gasteiger partial charge in [0.2, 0.25) is 0 Å². The first-order chi connectivity index (χ1) is 12.6. The number of aromatic hydroxyl groups is 1. The maximum Gasteiger partial charge on any atom is 0.344 e. The van der Waals surface area contributed by atoms with Crippen molar-refractivity contribution in [3.05, 3.63) is 83.9 Å². The molecule has 1 N–H and O–H groups in total. The Balaban J connectivity index is 1.88. The molecular formula is C21H16O5. The van der Waals surface area contributed by atoms with Gasteiger partial charge >= 0.3 is 11.9 Å². The lowest BCUT2D eigenvalue weighted by atomic mass is 9.99. The van der Waals surface area contributed by atoms with E-state index < -0.39 is 11.9 Å². The molecule has 3 aromatic rings. The summed E-state index contributed by atoms with van der Waals surface area (Å²) in [6.45, 7) is 0. The van der Waals surface area contributed by atoms with Gasteiger partial charge in [0.15, 0.2) is 0 Å². The van der Waals surface area contributed by atoms with Crippen LogP contribution in [0.25, 0.3) is 11.1 Å². The van der Waals surface area contributed by atoms with Gasteiger partial charge in [-0.3, -0.25) is 0 Å². The molecule has 3 aromatic carbocycles. The van der Waals surface area contributed by atoms with E-state index in [1.54, 1.807) is 0 Å². The summed E-state index contributed by atoms with van der Waals surface area (Å²) in [6, 6.07) is 19.8. The Morgan fingerprint density at radius 1 is 0.846 bits per heavy atom. The number of phenolic OH excluding ortho intramolecular Hbond substituents is 1. The van der Waals surface area contributed by atoms with E-state index >= 15 is 0 Å². The maximum atomic E-state index is 12.6. The number of hydrogen-bond donors (Lipinski definition) is 1. The van der Waals surface area contributed by atoms with Crippen LogP contribution in [-0.2, 0) is 4.74 Å². The van der Waals surface area contributed by atoms with Gasteiger partial charge in [-0.05, 0) is 53.6 Å². The highest BCUT2D eigenvalue weighted by molar-refractivity contribution is 5.99. The SMILES string of the molecule is COC(=O)c1ccc(OC(=O)c2ccc(O)cc2-c2ccccc2)cc1. The van der Waals surface area contributed by atoms with Crippen LogP contribution in [0.15, 0.2) is 72.8 Å². The zero-order valence-corrected chi connectivity index (χ0v) is 14.0. The molecule has 130 valence electrons. The number of carbonyl (C=O) groups is 2. The number of carbonyl (C=O) groups excluding carboxylic acids is 2. The summed E-state index contributed by atoms with van der Waals surface area (Å²) in [7, 11) is 1.30. The summed E-state index contributed by atoms with van der Waals surface area (Å²) >= 11 is 0. The normalized spacial score (nSPS) is 10.2. The van der Waals surface area contributed by atoms with E-state index in [1.165, 1.54) is 49.6 Å². The van der Waals surface area contributed by atoms with Crippen LogP contribution in [0.3, 0.4) is 0 Å². The molecule has 0 radical (unpaired) electrons. The molecule has 5 heteroatoms. The molecule has 0 amide bonds. The van der Waals surface area contributed by atoms with Crippen molar-refractivity contribution in [2.75, 3.05) is 7.11 Å². The molecule has 0 aromatic heterocycles. The molecule has 3 rings (SSSR count). The molecule has 0 saturated heterocycles. The summed E-state index contributed by atoms with van der Waals surface area (Å²) < 4.78 is 10.0. The Morgan fingerprint density at radius 3 is 2.19 bits per heavy atom. The number of rotatable bonds is 4. The Labute approximate surface area is 150 Å². The largest absolute Gasteiger partial charge is 0.508 e. The average Bonchev–Trinajstić information content (AvgIpc) is 2.68. The average molecular weight is 348 g/mol. The van der Waals surface area contributed by atoms with Gasteiger partial charge in [-0.25, -0.2) is 9.59 Å². The van der Waals surface area contributed by atoms with Gasteiger partial charge in [0.25, 0.3) is 0 Å². The van der Waals surface area contributed by atoms with E-state index in [0.29, 0.717) is 22.4 Å². The highest BCUT2D eigenvalue weighted by Crippen LogP contribution is 2.28. The lowest BCUT2D eigenvalue weighted by Crippen LogP contribution is -2.10. The Kier molecular flexibility index (Phi) is 4.99. The number of phenols is 1. The van der Waals surface area contributed by atoms with Crippen LogP contribution in [0.4, 0.5) is 0 Å². The summed E-state index contributed by atoms with van der Waals surface area (Å²) in [5, 5.41) is 9.78. The number of methoxy groups -OCH3 is 1. The molecule has 0 fully saturated rings. The topological polar surface area (TPSA) is 72.8 Å². The van der Waals surface area contributed by atoms with Crippen LogP contribution in [0.2, 0.25) is 0 Å². The third kappa shape index (κ3) is 3.72. The molecule has 5 nitrogen and oxygen atoms in total. The van der Waals surface area contributed by atoms with Crippen LogP contribution in [-0.4, -0.2) is 24.2 Å². The summed E-state index contributed by atoms with van der Waals surface area (Å²) in [5.74, 6) is -0.667. The summed E-state index contributed by atoms with van der Waals surface area (Å²) in [6.07, 6.45) is 0. The van der Waals surface area contributed by atoms with Crippen molar-refractivity contribution in [1.82, 2.24) is 0 Å². The number of ether oxygens (including phenoxy) is 2. The molecule has 0 heterocycles. The molecule has 0 unspecified atom stereocenters. The fraction of sp³-hybridized carbons (Fsp3) is 0.0476. The lowest BCUT2D eigenvalue weighted by Gasteiger charge is -2.10. The number of esters is 2. The van der Waals surface area contributed by atoms with Gasteiger partial charge in [-0.2, -0.15) is 0 Å². The summed E-state index contributed by atoms with van der Waals surface area (Å²) in [5.41, 5.74) is 2.05. The fourth-order valence-corrected chi connectivity index (χ4v) is 2.51. The van der Waals surface area contributed by atoms with Crippen LogP contribution < -0.4 is 4.74 Å². The zero-order valence-electron chi connectivity index (χ0n) is 14.0. The maximum absolute atomic E-state index is 12.6. The number of benzene rings is 3. The van der Waals surface area contributed by atoms with Gasteiger partial charge in [0, 0.05) is 0 Å². The smallest absolute Gasteiger partial charge is 0.344 e. The Bertz CT molecular complexity index is 930. The third-order valence-corrected chi connectivity index (χ3v) is 3.79. The molecule has 0 aliphatic carbocycles. The first-order valence-electron chi connectivity index (χ1n) is 7.87. The molecular weight excluding hydrogens is 332 g/mol. The van der Waals surface area contributed by atoms with Crippen molar-refractivity contribution in [3.8, 4) is 22.6 Å². The number of hydrogen-bond acceptors (Lipinski definition) is 5. The van der Waals surface area contributed by atoms with Crippen LogP contribution >= 0.6 is 0 Å². The third-order valence-electron chi connectivity index (χ3n) is 3.79. The van der Waals surface area contributed by atoms with Gasteiger partial charge in [-0.15, -0.1) is 0 Å². The minimum absolute atomic E-state index is 0.0582. The molecule has 0 atom stereocenters. The van der Waals surface area contributed by atoms with Crippen LogP contribution in [0.1, 0.15) is 20.7 Å². The van der Waals surface area contributed by atoms with Crippen molar-refractivity contribution in [1.29, 1.82) is 0 Å². The second kappa shape index (κ2) is 7.53. The summed E-state index contributed by atoms with van der Waals surface area (Å²) in [4.78, 5) is 24.0. The van der Waals surface area contributed by atoms with Crippen LogP contribution in [0.5, 0.6) is 11.5 Å². The minimum atomic E-state index is -0.560. The molecule has 0 aliphatic heterocycles. The van der Waals surface area contributed by atoms with E-state index in [9.17, 15) is 14.7 Å². The highest BCUT2D eigenvalue weighted by atomic mass is 16.5. The Morgan fingerprint density at radius 2 is 1.54 bits per heavy atom. The van der Waals surface area contributed by atoms with E-state index in [4.69, 9.17) is 4.74 Å². The Hall–Kier alpha value is -3.60. The van der Waals surface area contributed by atoms with Crippen molar-refractivity contribution in [2.45, 2.75) is 0 Å². The van der Waals surface area contributed by atoms with Crippen LogP contribution in [0, 0.1) is 0 Å². The van der Waals surface area contributed by atoms with Crippen molar-refractivity contribution in [3.63, 3.8) is 0 Å².